The quantitative estimate of drug-likeness (QED) is 0.685. The van der Waals surface area contributed by atoms with E-state index in [2.05, 4.69) is 31.0 Å². The molecule has 0 aliphatic heterocycles. The van der Waals surface area contributed by atoms with E-state index in [0.717, 1.165) is 15.7 Å². The molecule has 0 aliphatic carbocycles. The van der Waals surface area contributed by atoms with Crippen LogP contribution in [-0.2, 0) is 0 Å². The molecule has 3 heterocycles. The van der Waals surface area contributed by atoms with Gasteiger partial charge in [0, 0.05) is 24.2 Å². The molecular formula is C11H7BrN4. The number of halogens is 1. The van der Waals surface area contributed by atoms with Gasteiger partial charge in [-0.2, -0.15) is 0 Å². The highest BCUT2D eigenvalue weighted by Crippen LogP contribution is 2.19. The lowest BCUT2D eigenvalue weighted by Gasteiger charge is -1.90. The summed E-state index contributed by atoms with van der Waals surface area (Å²) >= 11 is 3.44. The number of hydrogen-bond acceptors (Lipinski definition) is 3. The highest BCUT2D eigenvalue weighted by Gasteiger charge is 2.07. The molecule has 0 spiro atoms. The largest absolute Gasteiger partial charge is 0.264 e. The van der Waals surface area contributed by atoms with E-state index in [1.807, 2.05) is 30.5 Å². The molecule has 0 saturated heterocycles. The summed E-state index contributed by atoms with van der Waals surface area (Å²) in [5.74, 6) is 0.681. The molecule has 0 amide bonds. The van der Waals surface area contributed by atoms with E-state index < -0.39 is 0 Å². The number of aromatic nitrogens is 4. The van der Waals surface area contributed by atoms with Crippen LogP contribution in [0.1, 0.15) is 0 Å². The third kappa shape index (κ3) is 1.49. The Bertz CT molecular complexity index is 633. The van der Waals surface area contributed by atoms with Crippen LogP contribution in [0.25, 0.3) is 17.0 Å². The van der Waals surface area contributed by atoms with Gasteiger partial charge in [-0.15, -0.1) is 5.10 Å². The summed E-state index contributed by atoms with van der Waals surface area (Å²) in [5, 5.41) is 4.38. The van der Waals surface area contributed by atoms with E-state index in [0.29, 0.717) is 5.82 Å². The third-order valence-electron chi connectivity index (χ3n) is 2.23. The number of fused-ring (bicyclic) bond motifs is 1. The zero-order chi connectivity index (χ0) is 11.0. The number of hydrogen-bond donors (Lipinski definition) is 0. The molecule has 0 saturated carbocycles. The molecule has 3 aromatic rings. The van der Waals surface area contributed by atoms with Gasteiger partial charge in [0.2, 0.25) is 0 Å². The van der Waals surface area contributed by atoms with Crippen molar-refractivity contribution in [3.05, 3.63) is 47.3 Å². The van der Waals surface area contributed by atoms with Gasteiger partial charge in [0.15, 0.2) is 11.5 Å². The molecule has 78 valence electrons. The Morgan fingerprint density at radius 2 is 2.12 bits per heavy atom. The maximum Gasteiger partial charge on any atom is 0.183 e. The predicted octanol–water partition coefficient (Wildman–Crippen LogP) is 2.55. The molecule has 0 unspecified atom stereocenters. The molecule has 0 radical (unpaired) electrons. The Hall–Kier alpha value is -1.75. The Balaban J connectivity index is 2.23. The molecule has 0 aliphatic rings. The van der Waals surface area contributed by atoms with Crippen LogP contribution >= 0.6 is 15.9 Å². The van der Waals surface area contributed by atoms with Crippen molar-refractivity contribution in [3.8, 4) is 11.4 Å². The van der Waals surface area contributed by atoms with E-state index in [1.165, 1.54) is 0 Å². The SMILES string of the molecule is Brc1cccn2nc(-c3cccnc3)nc12. The van der Waals surface area contributed by atoms with Crippen molar-refractivity contribution in [3.63, 3.8) is 0 Å². The fourth-order valence-corrected chi connectivity index (χ4v) is 1.91. The Morgan fingerprint density at radius 1 is 1.19 bits per heavy atom. The predicted molar refractivity (Wildman–Crippen MR) is 63.9 cm³/mol. The second-order valence-electron chi connectivity index (χ2n) is 3.30. The fourth-order valence-electron chi connectivity index (χ4n) is 1.49. The molecule has 5 heteroatoms. The summed E-state index contributed by atoms with van der Waals surface area (Å²) in [7, 11) is 0. The van der Waals surface area contributed by atoms with E-state index in [9.17, 15) is 0 Å². The summed E-state index contributed by atoms with van der Waals surface area (Å²) < 4.78 is 2.67. The van der Waals surface area contributed by atoms with Crippen molar-refractivity contribution in [1.29, 1.82) is 0 Å². The second kappa shape index (κ2) is 3.68. The van der Waals surface area contributed by atoms with Crippen LogP contribution in [-0.4, -0.2) is 19.6 Å². The van der Waals surface area contributed by atoms with Crippen LogP contribution in [0, 0.1) is 0 Å². The van der Waals surface area contributed by atoms with E-state index in [1.54, 1.807) is 16.9 Å². The standard InChI is InChI=1S/C11H7BrN4/c12-9-4-2-6-16-11(9)14-10(15-16)8-3-1-5-13-7-8/h1-7H. The first-order valence-corrected chi connectivity index (χ1v) is 5.55. The van der Waals surface area contributed by atoms with Crippen molar-refractivity contribution in [2.75, 3.05) is 0 Å². The Kier molecular flexibility index (Phi) is 2.18. The topological polar surface area (TPSA) is 43.1 Å². The van der Waals surface area contributed by atoms with E-state index in [4.69, 9.17) is 0 Å². The van der Waals surface area contributed by atoms with Gasteiger partial charge < -0.3 is 0 Å². The first-order chi connectivity index (χ1) is 7.84. The van der Waals surface area contributed by atoms with Gasteiger partial charge in [-0.05, 0) is 40.2 Å². The molecule has 3 aromatic heterocycles. The van der Waals surface area contributed by atoms with Gasteiger partial charge in [0.25, 0.3) is 0 Å². The molecule has 3 rings (SSSR count). The summed E-state index contributed by atoms with van der Waals surface area (Å²) in [5.41, 5.74) is 1.72. The second-order valence-corrected chi connectivity index (χ2v) is 4.16. The van der Waals surface area contributed by atoms with Crippen LogP contribution in [0.2, 0.25) is 0 Å². The monoisotopic (exact) mass is 274 g/mol. The third-order valence-corrected chi connectivity index (χ3v) is 2.85. The lowest BCUT2D eigenvalue weighted by molar-refractivity contribution is 0.962. The summed E-state index contributed by atoms with van der Waals surface area (Å²) in [6, 6.07) is 7.67. The lowest BCUT2D eigenvalue weighted by atomic mass is 10.3. The van der Waals surface area contributed by atoms with Crippen molar-refractivity contribution in [2.24, 2.45) is 0 Å². The molecule has 0 N–H and O–H groups in total. The minimum atomic E-state index is 0.681. The van der Waals surface area contributed by atoms with Gasteiger partial charge >= 0.3 is 0 Å². The molecule has 0 fully saturated rings. The Morgan fingerprint density at radius 3 is 2.88 bits per heavy atom. The fraction of sp³-hybridized carbons (Fsp3) is 0. The first-order valence-electron chi connectivity index (χ1n) is 4.76. The molecule has 0 atom stereocenters. The van der Waals surface area contributed by atoms with Crippen molar-refractivity contribution >= 4 is 21.6 Å². The minimum absolute atomic E-state index is 0.681. The highest BCUT2D eigenvalue weighted by atomic mass is 79.9. The van der Waals surface area contributed by atoms with Crippen LogP contribution in [0.3, 0.4) is 0 Å². The van der Waals surface area contributed by atoms with Crippen molar-refractivity contribution in [2.45, 2.75) is 0 Å². The Labute approximate surface area is 100 Å². The van der Waals surface area contributed by atoms with Crippen LogP contribution in [0.15, 0.2) is 47.3 Å². The van der Waals surface area contributed by atoms with Crippen LogP contribution in [0.4, 0.5) is 0 Å². The molecule has 0 bridgehead atoms. The number of rotatable bonds is 1. The van der Waals surface area contributed by atoms with Crippen LogP contribution < -0.4 is 0 Å². The number of nitrogens with zero attached hydrogens (tertiary/aromatic N) is 4. The first kappa shape index (κ1) is 9.47. The van der Waals surface area contributed by atoms with E-state index in [-0.39, 0.29) is 0 Å². The zero-order valence-corrected chi connectivity index (χ0v) is 9.79. The summed E-state index contributed by atoms with van der Waals surface area (Å²) in [6.07, 6.45) is 5.35. The van der Waals surface area contributed by atoms with Gasteiger partial charge in [-0.25, -0.2) is 9.50 Å². The average molecular weight is 275 g/mol. The molecular weight excluding hydrogens is 268 g/mol. The highest BCUT2D eigenvalue weighted by molar-refractivity contribution is 9.10. The van der Waals surface area contributed by atoms with Gasteiger partial charge in [-0.3, -0.25) is 4.98 Å². The maximum absolute atomic E-state index is 4.45. The van der Waals surface area contributed by atoms with Gasteiger partial charge in [0.1, 0.15) is 0 Å². The van der Waals surface area contributed by atoms with E-state index >= 15 is 0 Å². The van der Waals surface area contributed by atoms with Crippen molar-refractivity contribution < 1.29 is 0 Å². The smallest absolute Gasteiger partial charge is 0.183 e. The minimum Gasteiger partial charge on any atom is -0.264 e. The maximum atomic E-state index is 4.45. The molecule has 16 heavy (non-hydrogen) atoms. The van der Waals surface area contributed by atoms with Gasteiger partial charge in [-0.1, -0.05) is 0 Å². The average Bonchev–Trinajstić information content (AvgIpc) is 2.76. The summed E-state index contributed by atoms with van der Waals surface area (Å²) in [6.45, 7) is 0. The van der Waals surface area contributed by atoms with Crippen LogP contribution in [0.5, 0.6) is 0 Å². The molecule has 0 aromatic carbocycles. The van der Waals surface area contributed by atoms with Gasteiger partial charge in [0.05, 0.1) is 4.47 Å². The lowest BCUT2D eigenvalue weighted by Crippen LogP contribution is -1.86. The zero-order valence-electron chi connectivity index (χ0n) is 8.21. The molecule has 4 nitrogen and oxygen atoms in total. The summed E-state index contributed by atoms with van der Waals surface area (Å²) in [4.78, 5) is 8.50. The normalized spacial score (nSPS) is 10.8. The van der Waals surface area contributed by atoms with Crippen molar-refractivity contribution in [1.82, 2.24) is 19.6 Å². The number of pyridine rings is 2.